The van der Waals surface area contributed by atoms with Crippen molar-refractivity contribution in [3.63, 3.8) is 0 Å². The summed E-state index contributed by atoms with van der Waals surface area (Å²) in [6.07, 6.45) is 3.39. The molecule has 0 saturated heterocycles. The Balaban J connectivity index is 2.78. The van der Waals surface area contributed by atoms with Gasteiger partial charge < -0.3 is 5.32 Å². The Kier molecular flexibility index (Phi) is 7.06. The molecule has 0 aliphatic carbocycles. The van der Waals surface area contributed by atoms with Crippen LogP contribution < -0.4 is 5.32 Å². The van der Waals surface area contributed by atoms with Gasteiger partial charge in [-0.25, -0.2) is 0 Å². The summed E-state index contributed by atoms with van der Waals surface area (Å²) in [7, 11) is 0. The first-order valence-corrected chi connectivity index (χ1v) is 7.51. The Labute approximate surface area is 121 Å². The van der Waals surface area contributed by atoms with Crippen LogP contribution in [0.5, 0.6) is 0 Å². The molecule has 0 heterocycles. The Hall–Kier alpha value is -0.240. The first-order chi connectivity index (χ1) is 8.58. The third-order valence-electron chi connectivity index (χ3n) is 3.34. The average Bonchev–Trinajstić information content (AvgIpc) is 2.33. The maximum absolute atomic E-state index is 6.24. The molecule has 2 unspecified atom stereocenters. The van der Waals surface area contributed by atoms with Crippen molar-refractivity contribution < 1.29 is 0 Å². The number of likely N-dealkylation sites (N-methyl/N-ethyl adjacent to an activating group) is 1. The maximum Gasteiger partial charge on any atom is 0.0439 e. The van der Waals surface area contributed by atoms with Crippen molar-refractivity contribution in [1.82, 2.24) is 5.32 Å². The summed E-state index contributed by atoms with van der Waals surface area (Å²) >= 11 is 12.3. The molecule has 1 aromatic carbocycles. The van der Waals surface area contributed by atoms with Gasteiger partial charge >= 0.3 is 0 Å². The maximum atomic E-state index is 6.24. The van der Waals surface area contributed by atoms with E-state index in [-0.39, 0.29) is 0 Å². The van der Waals surface area contributed by atoms with E-state index in [4.69, 9.17) is 23.2 Å². The minimum Gasteiger partial charge on any atom is -0.314 e. The Morgan fingerprint density at radius 1 is 1.22 bits per heavy atom. The monoisotopic (exact) mass is 287 g/mol. The fraction of sp³-hybridized carbons (Fsp3) is 0.600. The number of hydrogen-bond acceptors (Lipinski definition) is 1. The van der Waals surface area contributed by atoms with Crippen molar-refractivity contribution in [3.8, 4) is 0 Å². The van der Waals surface area contributed by atoms with Gasteiger partial charge in [-0.05, 0) is 49.1 Å². The number of rotatable bonds is 7. The highest BCUT2D eigenvalue weighted by Crippen LogP contribution is 2.24. The molecule has 1 rings (SSSR count). The predicted octanol–water partition coefficient (Wildman–Crippen LogP) is 4.95. The van der Waals surface area contributed by atoms with E-state index in [1.165, 1.54) is 12.8 Å². The molecule has 2 atom stereocenters. The quantitative estimate of drug-likeness (QED) is 0.748. The van der Waals surface area contributed by atoms with E-state index < -0.39 is 0 Å². The van der Waals surface area contributed by atoms with Crippen molar-refractivity contribution in [1.29, 1.82) is 0 Å². The number of halogens is 2. The fourth-order valence-electron chi connectivity index (χ4n) is 2.33. The van der Waals surface area contributed by atoms with Gasteiger partial charge in [0.15, 0.2) is 0 Å². The zero-order chi connectivity index (χ0) is 13.5. The van der Waals surface area contributed by atoms with E-state index in [2.05, 4.69) is 26.1 Å². The van der Waals surface area contributed by atoms with Crippen molar-refractivity contribution >= 4 is 23.2 Å². The summed E-state index contributed by atoms with van der Waals surface area (Å²) in [4.78, 5) is 0. The second-order valence-electron chi connectivity index (χ2n) is 4.87. The molecule has 0 bridgehead atoms. The van der Waals surface area contributed by atoms with Crippen molar-refractivity contribution in [3.05, 3.63) is 33.8 Å². The first kappa shape index (κ1) is 15.8. The van der Waals surface area contributed by atoms with Gasteiger partial charge in [-0.2, -0.15) is 0 Å². The van der Waals surface area contributed by atoms with Crippen LogP contribution in [0.3, 0.4) is 0 Å². The van der Waals surface area contributed by atoms with Gasteiger partial charge in [0, 0.05) is 16.1 Å². The average molecular weight is 288 g/mol. The summed E-state index contributed by atoms with van der Waals surface area (Å²) in [6, 6.07) is 6.16. The van der Waals surface area contributed by atoms with Gasteiger partial charge in [0.1, 0.15) is 0 Å². The second kappa shape index (κ2) is 8.04. The highest BCUT2D eigenvalue weighted by Gasteiger charge is 2.17. The molecule has 0 fully saturated rings. The van der Waals surface area contributed by atoms with E-state index in [1.54, 1.807) is 0 Å². The van der Waals surface area contributed by atoms with E-state index >= 15 is 0 Å². The van der Waals surface area contributed by atoms with Crippen molar-refractivity contribution in [2.24, 2.45) is 5.92 Å². The third kappa shape index (κ3) is 4.79. The Bertz CT molecular complexity index is 366. The highest BCUT2D eigenvalue weighted by atomic mass is 35.5. The molecular formula is C15H23Cl2N. The molecule has 0 spiro atoms. The van der Waals surface area contributed by atoms with E-state index in [9.17, 15) is 0 Å². The molecule has 0 saturated carbocycles. The summed E-state index contributed by atoms with van der Waals surface area (Å²) in [5.41, 5.74) is 1.14. The zero-order valence-corrected chi connectivity index (χ0v) is 13.0. The van der Waals surface area contributed by atoms with Gasteiger partial charge in [0.25, 0.3) is 0 Å². The molecule has 1 nitrogen and oxygen atoms in total. The van der Waals surface area contributed by atoms with Gasteiger partial charge in [-0.3, -0.25) is 0 Å². The molecule has 18 heavy (non-hydrogen) atoms. The minimum absolute atomic E-state index is 0.464. The van der Waals surface area contributed by atoms with Gasteiger partial charge in [-0.15, -0.1) is 0 Å². The third-order valence-corrected chi connectivity index (χ3v) is 3.95. The molecule has 0 radical (unpaired) electrons. The topological polar surface area (TPSA) is 12.0 Å². The lowest BCUT2D eigenvalue weighted by atomic mass is 9.91. The zero-order valence-electron chi connectivity index (χ0n) is 11.5. The van der Waals surface area contributed by atoms with Crippen molar-refractivity contribution in [2.45, 2.75) is 46.1 Å². The predicted molar refractivity (Wildman–Crippen MR) is 81.7 cm³/mol. The molecule has 3 heteroatoms. The summed E-state index contributed by atoms with van der Waals surface area (Å²) in [5, 5.41) is 5.13. The highest BCUT2D eigenvalue weighted by molar-refractivity contribution is 6.33. The lowest BCUT2D eigenvalue weighted by molar-refractivity contribution is 0.358. The van der Waals surface area contributed by atoms with Crippen molar-refractivity contribution in [2.75, 3.05) is 6.54 Å². The lowest BCUT2D eigenvalue weighted by Crippen LogP contribution is -2.36. The van der Waals surface area contributed by atoms with Crippen LogP contribution in [0.25, 0.3) is 0 Å². The SMILES string of the molecule is CCCC(C)C(Cc1cc(Cl)ccc1Cl)NCC. The van der Waals surface area contributed by atoms with Crippen LogP contribution in [0.4, 0.5) is 0 Å². The smallest absolute Gasteiger partial charge is 0.0439 e. The normalized spacial score (nSPS) is 14.5. The van der Waals surface area contributed by atoms with Crippen LogP contribution in [-0.2, 0) is 6.42 Å². The molecule has 0 amide bonds. The molecule has 102 valence electrons. The van der Waals surface area contributed by atoms with Gasteiger partial charge in [0.05, 0.1) is 0 Å². The Morgan fingerprint density at radius 2 is 1.94 bits per heavy atom. The fourth-order valence-corrected chi connectivity index (χ4v) is 2.72. The Morgan fingerprint density at radius 3 is 2.56 bits per heavy atom. The summed E-state index contributed by atoms with van der Waals surface area (Å²) in [5.74, 6) is 0.644. The summed E-state index contributed by atoms with van der Waals surface area (Å²) in [6.45, 7) is 7.66. The number of benzene rings is 1. The second-order valence-corrected chi connectivity index (χ2v) is 5.71. The first-order valence-electron chi connectivity index (χ1n) is 6.75. The van der Waals surface area contributed by atoms with Crippen LogP contribution >= 0.6 is 23.2 Å². The summed E-state index contributed by atoms with van der Waals surface area (Å²) < 4.78 is 0. The molecule has 0 aromatic heterocycles. The van der Waals surface area contributed by atoms with Gasteiger partial charge in [0.2, 0.25) is 0 Å². The number of nitrogens with one attached hydrogen (secondary N) is 1. The van der Waals surface area contributed by atoms with E-state index in [1.807, 2.05) is 18.2 Å². The van der Waals surface area contributed by atoms with Crippen LogP contribution in [0.1, 0.15) is 39.2 Å². The van der Waals surface area contributed by atoms with Crippen LogP contribution in [0, 0.1) is 5.92 Å². The van der Waals surface area contributed by atoms with Crippen LogP contribution in [0.2, 0.25) is 10.0 Å². The van der Waals surface area contributed by atoms with E-state index in [0.717, 1.165) is 28.6 Å². The minimum atomic E-state index is 0.464. The van der Waals surface area contributed by atoms with E-state index in [0.29, 0.717) is 12.0 Å². The molecule has 0 aliphatic rings. The van der Waals surface area contributed by atoms with Gasteiger partial charge in [-0.1, -0.05) is 50.4 Å². The van der Waals surface area contributed by atoms with Crippen LogP contribution in [0.15, 0.2) is 18.2 Å². The molecule has 0 aliphatic heterocycles. The molecule has 1 N–H and O–H groups in total. The largest absolute Gasteiger partial charge is 0.314 e. The standard InChI is InChI=1S/C15H23Cl2N/c1-4-6-11(3)15(18-5-2)10-12-9-13(16)7-8-14(12)17/h7-9,11,15,18H,4-6,10H2,1-3H3. The number of hydrogen-bond donors (Lipinski definition) is 1. The van der Waals surface area contributed by atoms with Crippen LogP contribution in [-0.4, -0.2) is 12.6 Å². The molecular weight excluding hydrogens is 265 g/mol. The molecule has 1 aromatic rings. The lowest BCUT2D eigenvalue weighted by Gasteiger charge is -2.25.